The van der Waals surface area contributed by atoms with Crippen LogP contribution in [0.1, 0.15) is 33.0 Å². The molecular weight excluding hydrogens is 512 g/mol. The molecule has 0 saturated heterocycles. The van der Waals surface area contributed by atoms with Crippen molar-refractivity contribution < 1.29 is 35.5 Å². The minimum Gasteiger partial charge on any atom is -0.288 e. The molecule has 0 saturated carbocycles. The van der Waals surface area contributed by atoms with Gasteiger partial charge in [0.05, 0.1) is 26.2 Å². The number of hydrogen-bond donors (Lipinski definition) is 2. The second-order valence-electron chi connectivity index (χ2n) is 6.29. The molecule has 0 aliphatic rings. The van der Waals surface area contributed by atoms with Crippen molar-refractivity contribution in [1.29, 1.82) is 0 Å². The molecular formula is C19H12Cl3F7N2O. The summed E-state index contributed by atoms with van der Waals surface area (Å²) in [4.78, 5) is 11.8. The summed E-state index contributed by atoms with van der Waals surface area (Å²) >= 11 is 17.2. The molecule has 32 heavy (non-hydrogen) atoms. The SMILES string of the molecule is CNNC(=O)c1ccc(/C(F)=C/C(c2cc(Cl)c(Cl)c(Cl)c2)C(F)(F)F)cc1C(F)(F)F. The van der Waals surface area contributed by atoms with Crippen LogP contribution in [0.3, 0.4) is 0 Å². The van der Waals surface area contributed by atoms with Crippen molar-refractivity contribution in [3.63, 3.8) is 0 Å². The highest BCUT2D eigenvalue weighted by molar-refractivity contribution is 6.48. The standard InChI is InChI=1S/C19H12Cl3F7N2O/c1-30-31-17(32)10-3-2-8(4-12(10)19(27,28)29)15(23)7-11(18(24,25)26)9-5-13(20)16(22)14(21)6-9/h2-7,11,30H,1H3,(H,31,32)/b15-7-. The number of carbonyl (C=O) groups excluding carboxylic acids is 1. The summed E-state index contributed by atoms with van der Waals surface area (Å²) in [6.45, 7) is 0. The molecule has 2 N–H and O–H groups in total. The minimum atomic E-state index is -5.09. The second kappa shape index (κ2) is 9.86. The Morgan fingerprint density at radius 2 is 1.56 bits per heavy atom. The summed E-state index contributed by atoms with van der Waals surface area (Å²) in [6.07, 6.45) is -10.0. The molecule has 2 rings (SSSR count). The van der Waals surface area contributed by atoms with Gasteiger partial charge in [0.2, 0.25) is 0 Å². The first-order valence-electron chi connectivity index (χ1n) is 8.44. The van der Waals surface area contributed by atoms with E-state index in [-0.39, 0.29) is 27.2 Å². The Bertz CT molecular complexity index is 1030. The lowest BCUT2D eigenvalue weighted by molar-refractivity contribution is -0.140. The van der Waals surface area contributed by atoms with Crippen LogP contribution in [-0.2, 0) is 6.18 Å². The average molecular weight is 524 g/mol. The molecule has 0 aliphatic carbocycles. The van der Waals surface area contributed by atoms with E-state index in [0.717, 1.165) is 18.2 Å². The Morgan fingerprint density at radius 1 is 1.00 bits per heavy atom. The monoisotopic (exact) mass is 522 g/mol. The number of benzene rings is 2. The minimum absolute atomic E-state index is 0.0821. The number of rotatable bonds is 5. The Kier molecular flexibility index (Phi) is 8.09. The van der Waals surface area contributed by atoms with Crippen molar-refractivity contribution in [2.75, 3.05) is 7.05 Å². The van der Waals surface area contributed by atoms with Gasteiger partial charge in [0, 0.05) is 12.6 Å². The maximum atomic E-state index is 14.7. The zero-order valence-corrected chi connectivity index (χ0v) is 18.0. The lowest BCUT2D eigenvalue weighted by Gasteiger charge is -2.19. The molecule has 0 heterocycles. The van der Waals surface area contributed by atoms with Gasteiger partial charge in [-0.25, -0.2) is 9.82 Å². The van der Waals surface area contributed by atoms with Gasteiger partial charge in [0.25, 0.3) is 5.91 Å². The van der Waals surface area contributed by atoms with E-state index in [4.69, 9.17) is 34.8 Å². The van der Waals surface area contributed by atoms with E-state index in [2.05, 4.69) is 5.43 Å². The lowest BCUT2D eigenvalue weighted by Crippen LogP contribution is -2.35. The molecule has 174 valence electrons. The van der Waals surface area contributed by atoms with E-state index in [0.29, 0.717) is 6.07 Å². The van der Waals surface area contributed by atoms with Gasteiger partial charge in [-0.05, 0) is 35.9 Å². The second-order valence-corrected chi connectivity index (χ2v) is 7.49. The first-order valence-corrected chi connectivity index (χ1v) is 9.57. The zero-order chi connectivity index (χ0) is 24.4. The van der Waals surface area contributed by atoms with E-state index >= 15 is 0 Å². The van der Waals surface area contributed by atoms with Crippen LogP contribution in [0.2, 0.25) is 15.1 Å². The van der Waals surface area contributed by atoms with Crippen LogP contribution in [0.4, 0.5) is 30.7 Å². The van der Waals surface area contributed by atoms with Gasteiger partial charge < -0.3 is 0 Å². The normalized spacial score (nSPS) is 13.8. The molecule has 0 aliphatic heterocycles. The fourth-order valence-electron chi connectivity index (χ4n) is 2.68. The van der Waals surface area contributed by atoms with Gasteiger partial charge in [-0.2, -0.15) is 26.3 Å². The third-order valence-corrected chi connectivity index (χ3v) is 5.31. The number of alkyl halides is 6. The van der Waals surface area contributed by atoms with E-state index in [1.165, 1.54) is 7.05 Å². The number of nitrogens with one attached hydrogen (secondary N) is 2. The summed E-state index contributed by atoms with van der Waals surface area (Å²) in [6, 6.07) is 3.29. The van der Waals surface area contributed by atoms with Gasteiger partial charge in [-0.15, -0.1) is 0 Å². The summed E-state index contributed by atoms with van der Waals surface area (Å²) in [5, 5.41) is -0.860. The maximum absolute atomic E-state index is 14.7. The predicted molar refractivity (Wildman–Crippen MR) is 107 cm³/mol. The van der Waals surface area contributed by atoms with Crippen molar-refractivity contribution in [2.45, 2.75) is 18.3 Å². The maximum Gasteiger partial charge on any atom is 0.417 e. The van der Waals surface area contributed by atoms with Crippen LogP contribution < -0.4 is 10.9 Å². The molecule has 0 radical (unpaired) electrons. The van der Waals surface area contributed by atoms with Crippen molar-refractivity contribution >= 4 is 46.5 Å². The zero-order valence-electron chi connectivity index (χ0n) is 15.7. The van der Waals surface area contributed by atoms with Gasteiger partial charge in [-0.3, -0.25) is 10.2 Å². The topological polar surface area (TPSA) is 41.1 Å². The molecule has 1 unspecified atom stereocenters. The average Bonchev–Trinajstić information content (AvgIpc) is 2.67. The van der Waals surface area contributed by atoms with Gasteiger partial charge in [0.15, 0.2) is 0 Å². The van der Waals surface area contributed by atoms with Crippen LogP contribution in [0.25, 0.3) is 5.83 Å². The number of carbonyl (C=O) groups is 1. The number of amides is 1. The summed E-state index contributed by atoms with van der Waals surface area (Å²) in [5.41, 5.74) is 0.292. The molecule has 2 aromatic carbocycles. The first kappa shape index (κ1) is 26.2. The van der Waals surface area contributed by atoms with Crippen LogP contribution in [-0.4, -0.2) is 19.1 Å². The Balaban J connectivity index is 2.61. The van der Waals surface area contributed by atoms with E-state index in [1.54, 1.807) is 0 Å². The van der Waals surface area contributed by atoms with Crippen molar-refractivity contribution in [1.82, 2.24) is 10.9 Å². The summed E-state index contributed by atoms with van der Waals surface area (Å²) in [5.74, 6) is -5.38. The van der Waals surface area contributed by atoms with Crippen molar-refractivity contribution in [3.8, 4) is 0 Å². The lowest BCUT2D eigenvalue weighted by atomic mass is 9.95. The molecule has 13 heteroatoms. The van der Waals surface area contributed by atoms with Crippen LogP contribution in [0.5, 0.6) is 0 Å². The van der Waals surface area contributed by atoms with Gasteiger partial charge in [0.1, 0.15) is 11.7 Å². The first-order chi connectivity index (χ1) is 14.7. The summed E-state index contributed by atoms with van der Waals surface area (Å²) < 4.78 is 95.6. The highest BCUT2D eigenvalue weighted by atomic mass is 35.5. The molecule has 0 bridgehead atoms. The van der Waals surface area contributed by atoms with Crippen LogP contribution in [0, 0.1) is 0 Å². The molecule has 0 aromatic heterocycles. The predicted octanol–water partition coefficient (Wildman–Crippen LogP) is 7.19. The van der Waals surface area contributed by atoms with Gasteiger partial charge >= 0.3 is 12.4 Å². The third-order valence-electron chi connectivity index (χ3n) is 4.11. The smallest absolute Gasteiger partial charge is 0.288 e. The third kappa shape index (κ3) is 6.06. The molecule has 2 aromatic rings. The fourth-order valence-corrected chi connectivity index (χ4v) is 3.30. The highest BCUT2D eigenvalue weighted by Gasteiger charge is 2.41. The van der Waals surface area contributed by atoms with Crippen molar-refractivity contribution in [2.24, 2.45) is 0 Å². The van der Waals surface area contributed by atoms with Crippen LogP contribution in [0.15, 0.2) is 36.4 Å². The largest absolute Gasteiger partial charge is 0.417 e. The molecule has 0 spiro atoms. The van der Waals surface area contributed by atoms with E-state index < -0.39 is 52.3 Å². The number of hydrogen-bond acceptors (Lipinski definition) is 2. The summed E-state index contributed by atoms with van der Waals surface area (Å²) in [7, 11) is 1.23. The van der Waals surface area contributed by atoms with Crippen molar-refractivity contribution in [3.05, 3.63) is 73.7 Å². The molecule has 1 atom stereocenters. The number of allylic oxidation sites excluding steroid dienone is 1. The molecule has 1 amide bonds. The number of halogens is 10. The van der Waals surface area contributed by atoms with Crippen LogP contribution >= 0.6 is 34.8 Å². The highest BCUT2D eigenvalue weighted by Crippen LogP contribution is 2.42. The number of hydrazine groups is 1. The van der Waals surface area contributed by atoms with E-state index in [9.17, 15) is 35.5 Å². The Labute approximate surface area is 192 Å². The van der Waals surface area contributed by atoms with Gasteiger partial charge in [-0.1, -0.05) is 40.9 Å². The fraction of sp³-hybridized carbons (Fsp3) is 0.211. The molecule has 3 nitrogen and oxygen atoms in total. The Morgan fingerprint density at radius 3 is 2.03 bits per heavy atom. The molecule has 0 fully saturated rings. The van der Waals surface area contributed by atoms with E-state index in [1.807, 2.05) is 5.43 Å². The Hall–Kier alpha value is -2.01. The quantitative estimate of drug-likeness (QED) is 0.248.